The fraction of sp³-hybridized carbons (Fsp3) is 0.300. The molecule has 0 unspecified atom stereocenters. The van der Waals surface area contributed by atoms with Crippen molar-refractivity contribution in [3.05, 3.63) is 64.7 Å². The zero-order valence-electron chi connectivity index (χ0n) is 14.7. The molecule has 0 bridgehead atoms. The van der Waals surface area contributed by atoms with Crippen LogP contribution in [-0.4, -0.2) is 41.3 Å². The maximum absolute atomic E-state index is 12.6. The van der Waals surface area contributed by atoms with Crippen LogP contribution in [0.5, 0.6) is 11.5 Å². The van der Waals surface area contributed by atoms with Crippen LogP contribution in [0, 0.1) is 0 Å². The maximum Gasteiger partial charge on any atom is 0.261 e. The number of para-hydroxylation sites is 2. The summed E-state index contributed by atoms with van der Waals surface area (Å²) in [6.45, 7) is 3.50. The van der Waals surface area contributed by atoms with E-state index in [1.165, 1.54) is 0 Å². The van der Waals surface area contributed by atoms with Crippen molar-refractivity contribution in [1.82, 2.24) is 14.5 Å². The Kier molecular flexibility index (Phi) is 4.58. The summed E-state index contributed by atoms with van der Waals surface area (Å²) in [7, 11) is 1.65. The Bertz CT molecular complexity index is 983. The number of ether oxygens (including phenoxy) is 2. The van der Waals surface area contributed by atoms with Crippen molar-refractivity contribution in [3.8, 4) is 11.5 Å². The summed E-state index contributed by atoms with van der Waals surface area (Å²) < 4.78 is 13.0. The summed E-state index contributed by atoms with van der Waals surface area (Å²) in [5.41, 5.74) is 1.84. The van der Waals surface area contributed by atoms with Crippen LogP contribution in [0.15, 0.2) is 53.6 Å². The fourth-order valence-corrected chi connectivity index (χ4v) is 3.31. The number of hydrogen-bond acceptors (Lipinski definition) is 5. The monoisotopic (exact) mass is 351 g/mol. The molecule has 1 aliphatic heterocycles. The lowest BCUT2D eigenvalue weighted by Gasteiger charge is -2.19. The molecular formula is C20H21N3O3. The molecule has 6 nitrogen and oxygen atoms in total. The Hall–Kier alpha value is -2.86. The Morgan fingerprint density at radius 2 is 2.04 bits per heavy atom. The predicted octanol–water partition coefficient (Wildman–Crippen LogP) is 2.30. The molecule has 3 aromatic rings. The number of hydrogen-bond donors (Lipinski definition) is 0. The summed E-state index contributed by atoms with van der Waals surface area (Å²) in [5, 5.41) is 0.657. The van der Waals surface area contributed by atoms with Crippen LogP contribution < -0.4 is 15.0 Å². The minimum atomic E-state index is 0.00346. The zero-order chi connectivity index (χ0) is 17.9. The SMILES string of the molecule is COc1cccc2c1OCCN(CCn1cnc3ccccc3c1=O)C2. The van der Waals surface area contributed by atoms with Gasteiger partial charge in [-0.1, -0.05) is 24.3 Å². The number of aromatic nitrogens is 2. The van der Waals surface area contributed by atoms with Crippen molar-refractivity contribution >= 4 is 10.9 Å². The third-order valence-corrected chi connectivity index (χ3v) is 4.72. The lowest BCUT2D eigenvalue weighted by atomic mass is 10.1. The minimum absolute atomic E-state index is 0.00346. The van der Waals surface area contributed by atoms with E-state index in [1.807, 2.05) is 36.4 Å². The Morgan fingerprint density at radius 1 is 1.15 bits per heavy atom. The number of nitrogens with zero attached hydrogens (tertiary/aromatic N) is 3. The highest BCUT2D eigenvalue weighted by Gasteiger charge is 2.18. The van der Waals surface area contributed by atoms with Gasteiger partial charge in [-0.05, 0) is 18.2 Å². The molecule has 1 aliphatic rings. The molecule has 2 heterocycles. The van der Waals surface area contributed by atoms with Gasteiger partial charge in [-0.15, -0.1) is 0 Å². The summed E-state index contributed by atoms with van der Waals surface area (Å²) in [5.74, 6) is 1.58. The highest BCUT2D eigenvalue weighted by atomic mass is 16.5. The molecule has 0 saturated heterocycles. The van der Waals surface area contributed by atoms with Crippen molar-refractivity contribution in [1.29, 1.82) is 0 Å². The van der Waals surface area contributed by atoms with E-state index in [9.17, 15) is 4.79 Å². The zero-order valence-corrected chi connectivity index (χ0v) is 14.7. The lowest BCUT2D eigenvalue weighted by Crippen LogP contribution is -2.32. The third kappa shape index (κ3) is 3.15. The van der Waals surface area contributed by atoms with Crippen LogP contribution in [-0.2, 0) is 13.1 Å². The lowest BCUT2D eigenvalue weighted by molar-refractivity contribution is 0.216. The van der Waals surface area contributed by atoms with Crippen molar-refractivity contribution < 1.29 is 9.47 Å². The highest BCUT2D eigenvalue weighted by Crippen LogP contribution is 2.33. The molecule has 0 N–H and O–H groups in total. The van der Waals surface area contributed by atoms with E-state index in [-0.39, 0.29) is 5.56 Å². The molecule has 0 radical (unpaired) electrons. The fourth-order valence-electron chi connectivity index (χ4n) is 3.31. The molecule has 134 valence electrons. The second kappa shape index (κ2) is 7.17. The molecule has 2 aromatic carbocycles. The molecule has 26 heavy (non-hydrogen) atoms. The van der Waals surface area contributed by atoms with Crippen LogP contribution in [0.1, 0.15) is 5.56 Å². The second-order valence-corrected chi connectivity index (χ2v) is 6.33. The second-order valence-electron chi connectivity index (χ2n) is 6.33. The Morgan fingerprint density at radius 3 is 2.92 bits per heavy atom. The van der Waals surface area contributed by atoms with Gasteiger partial charge in [0.25, 0.3) is 5.56 Å². The Balaban J connectivity index is 1.51. The van der Waals surface area contributed by atoms with Gasteiger partial charge < -0.3 is 9.47 Å². The molecule has 0 spiro atoms. The first kappa shape index (κ1) is 16.6. The maximum atomic E-state index is 12.6. The molecule has 6 heteroatoms. The van der Waals surface area contributed by atoms with Crippen molar-refractivity contribution in [3.63, 3.8) is 0 Å². The van der Waals surface area contributed by atoms with E-state index < -0.39 is 0 Å². The van der Waals surface area contributed by atoms with Gasteiger partial charge in [0.15, 0.2) is 11.5 Å². The van der Waals surface area contributed by atoms with Crippen LogP contribution in [0.25, 0.3) is 10.9 Å². The molecular weight excluding hydrogens is 330 g/mol. The van der Waals surface area contributed by atoms with Gasteiger partial charge in [-0.25, -0.2) is 4.98 Å². The van der Waals surface area contributed by atoms with Gasteiger partial charge in [-0.2, -0.15) is 0 Å². The van der Waals surface area contributed by atoms with E-state index in [4.69, 9.17) is 9.47 Å². The van der Waals surface area contributed by atoms with Gasteiger partial charge in [0.1, 0.15) is 6.61 Å². The summed E-state index contributed by atoms with van der Waals surface area (Å²) in [4.78, 5) is 19.3. The van der Waals surface area contributed by atoms with Gasteiger partial charge in [-0.3, -0.25) is 14.3 Å². The van der Waals surface area contributed by atoms with E-state index in [0.29, 0.717) is 18.5 Å². The molecule has 0 atom stereocenters. The quantitative estimate of drug-likeness (QED) is 0.722. The molecule has 0 fully saturated rings. The normalized spacial score (nSPS) is 14.5. The third-order valence-electron chi connectivity index (χ3n) is 4.72. The molecule has 1 aromatic heterocycles. The standard InChI is InChI=1S/C20H21N3O3/c1-25-18-8-4-5-15-13-22(11-12-26-19(15)18)9-10-23-14-21-17-7-3-2-6-16(17)20(23)24/h2-8,14H,9-13H2,1H3. The molecule has 0 saturated carbocycles. The minimum Gasteiger partial charge on any atom is -0.493 e. The average Bonchev–Trinajstić information content (AvgIpc) is 2.89. The molecule has 4 rings (SSSR count). The molecule has 0 aliphatic carbocycles. The highest BCUT2D eigenvalue weighted by molar-refractivity contribution is 5.76. The first-order chi connectivity index (χ1) is 12.8. The summed E-state index contributed by atoms with van der Waals surface area (Å²) in [6.07, 6.45) is 1.63. The van der Waals surface area contributed by atoms with Gasteiger partial charge in [0, 0.05) is 31.7 Å². The van der Waals surface area contributed by atoms with E-state index in [1.54, 1.807) is 18.0 Å². The van der Waals surface area contributed by atoms with Crippen LogP contribution >= 0.6 is 0 Å². The van der Waals surface area contributed by atoms with Gasteiger partial charge in [0.2, 0.25) is 0 Å². The number of fused-ring (bicyclic) bond motifs is 2. The molecule has 0 amide bonds. The Labute approximate surface area is 151 Å². The van der Waals surface area contributed by atoms with Gasteiger partial charge in [0.05, 0.1) is 24.3 Å². The smallest absolute Gasteiger partial charge is 0.261 e. The van der Waals surface area contributed by atoms with Crippen molar-refractivity contribution in [2.24, 2.45) is 0 Å². The van der Waals surface area contributed by atoms with Crippen LogP contribution in [0.2, 0.25) is 0 Å². The van der Waals surface area contributed by atoms with Crippen LogP contribution in [0.3, 0.4) is 0 Å². The summed E-state index contributed by atoms with van der Waals surface area (Å²) in [6, 6.07) is 13.4. The average molecular weight is 351 g/mol. The van der Waals surface area contributed by atoms with E-state index in [0.717, 1.165) is 42.2 Å². The number of methoxy groups -OCH3 is 1. The predicted molar refractivity (Wildman–Crippen MR) is 99.8 cm³/mol. The van der Waals surface area contributed by atoms with E-state index in [2.05, 4.69) is 16.0 Å². The topological polar surface area (TPSA) is 56.6 Å². The van der Waals surface area contributed by atoms with Crippen LogP contribution in [0.4, 0.5) is 0 Å². The number of rotatable bonds is 4. The van der Waals surface area contributed by atoms with Crippen molar-refractivity contribution in [2.45, 2.75) is 13.1 Å². The number of benzene rings is 2. The largest absolute Gasteiger partial charge is 0.493 e. The van der Waals surface area contributed by atoms with E-state index >= 15 is 0 Å². The summed E-state index contributed by atoms with van der Waals surface area (Å²) >= 11 is 0. The van der Waals surface area contributed by atoms with Crippen molar-refractivity contribution in [2.75, 3.05) is 26.8 Å². The first-order valence-electron chi connectivity index (χ1n) is 8.71. The first-order valence-corrected chi connectivity index (χ1v) is 8.71. The van der Waals surface area contributed by atoms with Gasteiger partial charge >= 0.3 is 0 Å².